The van der Waals surface area contributed by atoms with Gasteiger partial charge in [-0.15, -0.1) is 0 Å². The number of amides is 4. The third kappa shape index (κ3) is 4.60. The number of fused-ring (bicyclic) bond motifs is 4. The van der Waals surface area contributed by atoms with Crippen LogP contribution in [0.25, 0.3) is 0 Å². The predicted molar refractivity (Wildman–Crippen MR) is 173 cm³/mol. The summed E-state index contributed by atoms with van der Waals surface area (Å²) in [7, 11) is 1.53. The molecule has 2 saturated heterocycles. The maximum atomic E-state index is 15.2. The van der Waals surface area contributed by atoms with Gasteiger partial charge in [-0.2, -0.15) is 5.01 Å². The fourth-order valence-corrected chi connectivity index (χ4v) is 8.59. The average Bonchev–Trinajstić information content (AvgIpc) is 3.47. The van der Waals surface area contributed by atoms with Gasteiger partial charge in [-0.25, -0.2) is 0 Å². The summed E-state index contributed by atoms with van der Waals surface area (Å²) in [4.78, 5) is 56.0. The van der Waals surface area contributed by atoms with Gasteiger partial charge in [-0.05, 0) is 67.6 Å². The van der Waals surface area contributed by atoms with Gasteiger partial charge in [-0.1, -0.05) is 59.1 Å². The van der Waals surface area contributed by atoms with Crippen LogP contribution in [-0.2, 0) is 24.6 Å². The fraction of sp³-hybridized carbons (Fsp3) is 0.314. The molecule has 2 heterocycles. The highest BCUT2D eigenvalue weighted by Gasteiger charge is 2.70. The summed E-state index contributed by atoms with van der Waals surface area (Å²) in [5, 5.41) is 15.8. The average molecular weight is 677 g/mol. The van der Waals surface area contributed by atoms with E-state index in [2.05, 4.69) is 10.7 Å². The summed E-state index contributed by atoms with van der Waals surface area (Å²) >= 11 is 12.6. The first-order valence-electron chi connectivity index (χ1n) is 15.4. The van der Waals surface area contributed by atoms with Crippen molar-refractivity contribution in [2.75, 3.05) is 19.1 Å². The summed E-state index contributed by atoms with van der Waals surface area (Å²) < 4.78 is 11.2. The zero-order chi connectivity index (χ0) is 33.2. The number of halogens is 2. The van der Waals surface area contributed by atoms with E-state index in [1.54, 1.807) is 61.5 Å². The second-order valence-electron chi connectivity index (χ2n) is 12.2. The van der Waals surface area contributed by atoms with Gasteiger partial charge in [0.1, 0.15) is 5.75 Å². The number of para-hydroxylation sites is 1. The first-order chi connectivity index (χ1) is 22.6. The lowest BCUT2D eigenvalue weighted by Gasteiger charge is -2.50. The molecule has 0 spiro atoms. The molecule has 2 aliphatic heterocycles. The van der Waals surface area contributed by atoms with Crippen LogP contribution in [0.4, 0.5) is 5.69 Å². The van der Waals surface area contributed by atoms with Crippen LogP contribution in [0.5, 0.6) is 17.2 Å². The van der Waals surface area contributed by atoms with E-state index in [-0.39, 0.29) is 47.6 Å². The lowest BCUT2D eigenvalue weighted by atomic mass is 9.49. The Morgan fingerprint density at radius 2 is 1.79 bits per heavy atom. The van der Waals surface area contributed by atoms with E-state index in [1.165, 1.54) is 13.2 Å². The highest BCUT2D eigenvalue weighted by molar-refractivity contribution is 6.36. The van der Waals surface area contributed by atoms with Crippen LogP contribution in [0.1, 0.15) is 36.8 Å². The van der Waals surface area contributed by atoms with E-state index in [4.69, 9.17) is 32.7 Å². The van der Waals surface area contributed by atoms with Gasteiger partial charge in [-0.3, -0.25) is 29.9 Å². The molecule has 7 rings (SSSR count). The molecule has 3 fully saturated rings. The van der Waals surface area contributed by atoms with Crippen molar-refractivity contribution in [3.63, 3.8) is 0 Å². The van der Waals surface area contributed by atoms with Crippen molar-refractivity contribution < 1.29 is 33.8 Å². The summed E-state index contributed by atoms with van der Waals surface area (Å²) in [6, 6.07) is 16.7. The van der Waals surface area contributed by atoms with Crippen molar-refractivity contribution in [2.24, 2.45) is 23.7 Å². The largest absolute Gasteiger partial charge is 0.504 e. The van der Waals surface area contributed by atoms with Gasteiger partial charge < -0.3 is 14.6 Å². The molecule has 2 aliphatic carbocycles. The maximum Gasteiger partial charge on any atom is 0.260 e. The van der Waals surface area contributed by atoms with Crippen molar-refractivity contribution in [1.82, 2.24) is 10.3 Å². The minimum Gasteiger partial charge on any atom is -0.504 e. The molecule has 0 aromatic heterocycles. The Hall–Kier alpha value is -4.54. The Balaban J connectivity index is 1.49. The van der Waals surface area contributed by atoms with Gasteiger partial charge in [0.15, 0.2) is 11.5 Å². The Bertz CT molecular complexity index is 1860. The normalized spacial score (nSPS) is 27.9. The number of ether oxygens (including phenoxy) is 2. The van der Waals surface area contributed by atoms with Crippen LogP contribution >= 0.6 is 23.2 Å². The molecular weight excluding hydrogens is 645 g/mol. The van der Waals surface area contributed by atoms with Crippen molar-refractivity contribution in [1.29, 1.82) is 0 Å². The van der Waals surface area contributed by atoms with Gasteiger partial charge in [0.2, 0.25) is 11.8 Å². The van der Waals surface area contributed by atoms with Crippen LogP contribution in [0.15, 0.2) is 72.3 Å². The molecule has 1 saturated carbocycles. The Kier molecular flexibility index (Phi) is 7.68. The second-order valence-corrected chi connectivity index (χ2v) is 13.0. The number of hydrogen-bond acceptors (Lipinski definition) is 8. The molecule has 0 unspecified atom stereocenters. The van der Waals surface area contributed by atoms with E-state index >= 15 is 4.79 Å². The molecule has 0 radical (unpaired) electrons. The van der Waals surface area contributed by atoms with Crippen LogP contribution in [-0.4, -0.2) is 47.5 Å². The quantitative estimate of drug-likeness (QED) is 0.225. The number of imide groups is 2. The first kappa shape index (κ1) is 31.1. The third-order valence-corrected chi connectivity index (χ3v) is 10.6. The Morgan fingerprint density at radius 3 is 2.49 bits per heavy atom. The SMILES string of the molecule is CCOc1cccc([C@H]2C3=CC[C@@H]4C(=O)NC(=O)[C@@H]4[C@@H]3C[C@H]3C(=O)N(Nc4ccc(Cl)cc4Cl)C(=O)[C@@]23c2ccc(OC)cc2)c1O. The standard InChI is InChI=1S/C35H31Cl2N3O7/c1-3-47-27-6-4-5-22(30(27)41)29-20-12-13-21-28(32(43)38-31(21)42)23(20)16-24-33(44)40(39-26-14-9-18(36)15-25(26)37)34(45)35(24,29)17-7-10-19(46-2)11-8-17/h4-12,14-15,21,23-24,28-29,39,41H,3,13,16H2,1-2H3,(H,38,42,43)/t21-,23+,24-,28-,29+,35+/m0/s1. The number of phenolic OH excluding ortho intramolecular Hbond substituents is 1. The molecule has 3 aromatic carbocycles. The number of nitrogens with zero attached hydrogens (tertiary/aromatic N) is 1. The van der Waals surface area contributed by atoms with Gasteiger partial charge in [0.05, 0.1) is 47.6 Å². The summed E-state index contributed by atoms with van der Waals surface area (Å²) in [5.41, 5.74) is 3.24. The molecule has 47 heavy (non-hydrogen) atoms. The molecular formula is C35H31Cl2N3O7. The number of carbonyl (C=O) groups is 4. The number of methoxy groups -OCH3 is 1. The Morgan fingerprint density at radius 1 is 1.02 bits per heavy atom. The van der Waals surface area contributed by atoms with E-state index < -0.39 is 52.7 Å². The van der Waals surface area contributed by atoms with Crippen LogP contribution in [0.2, 0.25) is 10.0 Å². The molecule has 242 valence electrons. The fourth-order valence-electron chi connectivity index (χ4n) is 8.14. The zero-order valence-corrected chi connectivity index (χ0v) is 27.0. The molecule has 3 N–H and O–H groups in total. The number of allylic oxidation sites excluding steroid dienone is 2. The molecule has 3 aromatic rings. The summed E-state index contributed by atoms with van der Waals surface area (Å²) in [6.07, 6.45) is 2.29. The van der Waals surface area contributed by atoms with E-state index in [9.17, 15) is 19.5 Å². The minimum atomic E-state index is -1.59. The number of hydrazine groups is 1. The highest BCUT2D eigenvalue weighted by Crippen LogP contribution is 2.65. The van der Waals surface area contributed by atoms with Crippen molar-refractivity contribution in [3.8, 4) is 17.2 Å². The van der Waals surface area contributed by atoms with Crippen molar-refractivity contribution in [3.05, 3.63) is 93.5 Å². The third-order valence-electron chi connectivity index (χ3n) is 10.1. The number of anilines is 1. The lowest BCUT2D eigenvalue weighted by molar-refractivity contribution is -0.138. The van der Waals surface area contributed by atoms with Gasteiger partial charge in [0.25, 0.3) is 11.8 Å². The van der Waals surface area contributed by atoms with Crippen molar-refractivity contribution in [2.45, 2.75) is 31.1 Å². The van der Waals surface area contributed by atoms with Crippen LogP contribution in [0, 0.1) is 23.7 Å². The molecule has 4 aliphatic rings. The van der Waals surface area contributed by atoms with Crippen LogP contribution < -0.4 is 20.2 Å². The predicted octanol–water partition coefficient (Wildman–Crippen LogP) is 5.38. The number of aromatic hydroxyl groups is 1. The molecule has 12 heteroatoms. The van der Waals surface area contributed by atoms with E-state index in [0.29, 0.717) is 27.5 Å². The number of carbonyl (C=O) groups excluding carboxylic acids is 4. The molecule has 6 atom stereocenters. The number of phenols is 1. The summed E-state index contributed by atoms with van der Waals surface area (Å²) in [5.74, 6) is -5.08. The highest BCUT2D eigenvalue weighted by atomic mass is 35.5. The number of nitrogens with one attached hydrogen (secondary N) is 2. The maximum absolute atomic E-state index is 15.2. The summed E-state index contributed by atoms with van der Waals surface area (Å²) in [6.45, 7) is 2.07. The number of benzene rings is 3. The number of hydrogen-bond donors (Lipinski definition) is 3. The lowest BCUT2D eigenvalue weighted by Crippen LogP contribution is -2.53. The van der Waals surface area contributed by atoms with Gasteiger partial charge >= 0.3 is 0 Å². The second kappa shape index (κ2) is 11.6. The van der Waals surface area contributed by atoms with E-state index in [0.717, 1.165) is 5.01 Å². The molecule has 10 nitrogen and oxygen atoms in total. The smallest absolute Gasteiger partial charge is 0.260 e. The minimum absolute atomic E-state index is 0.110. The Labute approximate surface area is 280 Å². The number of rotatable bonds is 7. The topological polar surface area (TPSA) is 134 Å². The zero-order valence-electron chi connectivity index (χ0n) is 25.5. The van der Waals surface area contributed by atoms with Crippen LogP contribution in [0.3, 0.4) is 0 Å². The van der Waals surface area contributed by atoms with E-state index in [1.807, 2.05) is 6.08 Å². The monoisotopic (exact) mass is 675 g/mol. The molecule has 0 bridgehead atoms. The first-order valence-corrected chi connectivity index (χ1v) is 16.1. The van der Waals surface area contributed by atoms with Crippen molar-refractivity contribution >= 4 is 52.5 Å². The molecule has 4 amide bonds. The van der Waals surface area contributed by atoms with Gasteiger partial charge in [0, 0.05) is 16.5 Å².